The van der Waals surface area contributed by atoms with Crippen molar-refractivity contribution in [2.24, 2.45) is 5.41 Å². The largest absolute Gasteiger partial charge is 0.397 e. The lowest BCUT2D eigenvalue weighted by Gasteiger charge is -2.42. The molecule has 0 saturated carbocycles. The predicted molar refractivity (Wildman–Crippen MR) is 90.6 cm³/mol. The van der Waals surface area contributed by atoms with Crippen LogP contribution in [-0.4, -0.2) is 18.1 Å². The van der Waals surface area contributed by atoms with Crippen LogP contribution in [0.15, 0.2) is 30.6 Å². The van der Waals surface area contributed by atoms with E-state index in [4.69, 9.17) is 5.73 Å². The SMILES string of the molecule is CCC1(CC)CCN(c2ccc3cnccc3c2N)CC1. The second kappa shape index (κ2) is 5.55. The molecule has 2 N–H and O–H groups in total. The van der Waals surface area contributed by atoms with Gasteiger partial charge in [0, 0.05) is 36.3 Å². The van der Waals surface area contributed by atoms with Gasteiger partial charge in [0.15, 0.2) is 0 Å². The summed E-state index contributed by atoms with van der Waals surface area (Å²) < 4.78 is 0. The number of nitrogen functional groups attached to an aromatic ring is 1. The molecule has 1 fully saturated rings. The predicted octanol–water partition coefficient (Wildman–Crippen LogP) is 4.22. The summed E-state index contributed by atoms with van der Waals surface area (Å²) >= 11 is 0. The molecule has 1 aliphatic rings. The fourth-order valence-electron chi connectivity index (χ4n) is 3.64. The first-order chi connectivity index (χ1) is 10.2. The van der Waals surface area contributed by atoms with Gasteiger partial charge in [-0.15, -0.1) is 0 Å². The molecule has 112 valence electrons. The molecule has 0 atom stereocenters. The van der Waals surface area contributed by atoms with Crippen molar-refractivity contribution in [2.75, 3.05) is 23.7 Å². The van der Waals surface area contributed by atoms with E-state index < -0.39 is 0 Å². The van der Waals surface area contributed by atoms with Crippen molar-refractivity contribution in [3.05, 3.63) is 30.6 Å². The zero-order valence-electron chi connectivity index (χ0n) is 13.1. The minimum absolute atomic E-state index is 0.548. The molecular formula is C18H25N3. The number of fused-ring (bicyclic) bond motifs is 1. The van der Waals surface area contributed by atoms with Crippen molar-refractivity contribution in [2.45, 2.75) is 39.5 Å². The first-order valence-corrected chi connectivity index (χ1v) is 8.06. The standard InChI is InChI=1S/C18H25N3/c1-3-18(4-2)8-11-21(12-9-18)16-6-5-14-13-20-10-7-15(14)17(16)19/h5-7,10,13H,3-4,8-9,11-12,19H2,1-2H3. The Morgan fingerprint density at radius 3 is 2.52 bits per heavy atom. The summed E-state index contributed by atoms with van der Waals surface area (Å²) in [7, 11) is 0. The van der Waals surface area contributed by atoms with E-state index in [1.165, 1.54) is 31.4 Å². The summed E-state index contributed by atoms with van der Waals surface area (Å²) in [4.78, 5) is 6.63. The van der Waals surface area contributed by atoms with Gasteiger partial charge in [0.1, 0.15) is 0 Å². The van der Waals surface area contributed by atoms with Crippen LogP contribution in [-0.2, 0) is 0 Å². The second-order valence-corrected chi connectivity index (χ2v) is 6.29. The van der Waals surface area contributed by atoms with Crippen molar-refractivity contribution in [3.8, 4) is 0 Å². The molecule has 1 aromatic carbocycles. The fraction of sp³-hybridized carbons (Fsp3) is 0.500. The average molecular weight is 283 g/mol. The lowest BCUT2D eigenvalue weighted by molar-refractivity contribution is 0.199. The number of rotatable bonds is 3. The van der Waals surface area contributed by atoms with Gasteiger partial charge in [-0.2, -0.15) is 0 Å². The monoisotopic (exact) mass is 283 g/mol. The van der Waals surface area contributed by atoms with E-state index in [0.29, 0.717) is 5.41 Å². The summed E-state index contributed by atoms with van der Waals surface area (Å²) in [6.07, 6.45) is 8.82. The molecular weight excluding hydrogens is 258 g/mol. The van der Waals surface area contributed by atoms with Crippen molar-refractivity contribution in [1.29, 1.82) is 0 Å². The van der Waals surface area contributed by atoms with Gasteiger partial charge >= 0.3 is 0 Å². The molecule has 21 heavy (non-hydrogen) atoms. The molecule has 0 aliphatic carbocycles. The van der Waals surface area contributed by atoms with Gasteiger partial charge in [-0.1, -0.05) is 32.8 Å². The minimum atomic E-state index is 0.548. The van der Waals surface area contributed by atoms with Crippen LogP contribution >= 0.6 is 0 Å². The minimum Gasteiger partial charge on any atom is -0.397 e. The van der Waals surface area contributed by atoms with Gasteiger partial charge < -0.3 is 10.6 Å². The average Bonchev–Trinajstić information content (AvgIpc) is 2.56. The van der Waals surface area contributed by atoms with Crippen LogP contribution in [0.25, 0.3) is 10.8 Å². The molecule has 0 amide bonds. The van der Waals surface area contributed by atoms with E-state index in [2.05, 4.69) is 35.9 Å². The van der Waals surface area contributed by atoms with Crippen LogP contribution < -0.4 is 10.6 Å². The molecule has 1 aliphatic heterocycles. The van der Waals surface area contributed by atoms with Gasteiger partial charge in [0.05, 0.1) is 11.4 Å². The lowest BCUT2D eigenvalue weighted by atomic mass is 9.74. The van der Waals surface area contributed by atoms with Gasteiger partial charge in [-0.05, 0) is 30.4 Å². The summed E-state index contributed by atoms with van der Waals surface area (Å²) in [5, 5.41) is 2.23. The van der Waals surface area contributed by atoms with Crippen molar-refractivity contribution < 1.29 is 0 Å². The Morgan fingerprint density at radius 1 is 1.14 bits per heavy atom. The Bertz CT molecular complexity index is 621. The number of nitrogens with zero attached hydrogens (tertiary/aromatic N) is 2. The second-order valence-electron chi connectivity index (χ2n) is 6.29. The molecule has 3 heteroatoms. The quantitative estimate of drug-likeness (QED) is 0.857. The number of nitrogens with two attached hydrogens (primary N) is 1. The third-order valence-corrected chi connectivity index (χ3v) is 5.50. The van der Waals surface area contributed by atoms with Crippen LogP contribution in [0.2, 0.25) is 0 Å². The first-order valence-electron chi connectivity index (χ1n) is 8.06. The zero-order chi connectivity index (χ0) is 14.9. The third-order valence-electron chi connectivity index (χ3n) is 5.50. The number of benzene rings is 1. The molecule has 0 radical (unpaired) electrons. The van der Waals surface area contributed by atoms with E-state index in [0.717, 1.165) is 29.5 Å². The molecule has 3 rings (SSSR count). The normalized spacial score (nSPS) is 18.1. The van der Waals surface area contributed by atoms with Crippen LogP contribution in [0, 0.1) is 5.41 Å². The highest BCUT2D eigenvalue weighted by atomic mass is 15.1. The Hall–Kier alpha value is -1.77. The summed E-state index contributed by atoms with van der Waals surface area (Å²) in [6.45, 7) is 6.89. The van der Waals surface area contributed by atoms with Crippen LogP contribution in [0.4, 0.5) is 11.4 Å². The Kier molecular flexibility index (Phi) is 3.75. The number of anilines is 2. The van der Waals surface area contributed by atoms with Crippen LogP contribution in [0.3, 0.4) is 0 Å². The molecule has 0 unspecified atom stereocenters. The molecule has 1 aromatic heterocycles. The third kappa shape index (κ3) is 2.45. The highest BCUT2D eigenvalue weighted by Crippen LogP contribution is 2.41. The van der Waals surface area contributed by atoms with E-state index in [1.54, 1.807) is 0 Å². The molecule has 2 aromatic rings. The molecule has 1 saturated heterocycles. The number of hydrogen-bond donors (Lipinski definition) is 1. The molecule has 0 spiro atoms. The van der Waals surface area contributed by atoms with Gasteiger partial charge in [0.25, 0.3) is 0 Å². The summed E-state index contributed by atoms with van der Waals surface area (Å²) in [6, 6.07) is 6.31. The first kappa shape index (κ1) is 14.2. The Morgan fingerprint density at radius 2 is 1.86 bits per heavy atom. The van der Waals surface area contributed by atoms with Crippen LogP contribution in [0.1, 0.15) is 39.5 Å². The molecule has 0 bridgehead atoms. The highest BCUT2D eigenvalue weighted by Gasteiger charge is 2.31. The van der Waals surface area contributed by atoms with Crippen molar-refractivity contribution >= 4 is 22.1 Å². The van der Waals surface area contributed by atoms with Gasteiger partial charge in [-0.3, -0.25) is 4.98 Å². The maximum Gasteiger partial charge on any atom is 0.0632 e. The number of hydrogen-bond acceptors (Lipinski definition) is 3. The highest BCUT2D eigenvalue weighted by molar-refractivity contribution is 5.98. The van der Waals surface area contributed by atoms with Crippen molar-refractivity contribution in [3.63, 3.8) is 0 Å². The number of piperidine rings is 1. The lowest BCUT2D eigenvalue weighted by Crippen LogP contribution is -2.39. The number of pyridine rings is 1. The van der Waals surface area contributed by atoms with E-state index in [1.807, 2.05) is 18.5 Å². The number of aromatic nitrogens is 1. The Labute approximate surface area is 127 Å². The summed E-state index contributed by atoms with van der Waals surface area (Å²) in [5.41, 5.74) is 9.05. The fourth-order valence-corrected chi connectivity index (χ4v) is 3.64. The molecule has 2 heterocycles. The van der Waals surface area contributed by atoms with E-state index in [9.17, 15) is 0 Å². The zero-order valence-corrected chi connectivity index (χ0v) is 13.1. The molecule has 3 nitrogen and oxygen atoms in total. The topological polar surface area (TPSA) is 42.2 Å². The summed E-state index contributed by atoms with van der Waals surface area (Å²) in [5.74, 6) is 0. The Balaban J connectivity index is 1.87. The maximum absolute atomic E-state index is 6.41. The van der Waals surface area contributed by atoms with Gasteiger partial charge in [0.2, 0.25) is 0 Å². The van der Waals surface area contributed by atoms with Crippen LogP contribution in [0.5, 0.6) is 0 Å². The maximum atomic E-state index is 6.41. The van der Waals surface area contributed by atoms with Gasteiger partial charge in [-0.25, -0.2) is 0 Å². The van der Waals surface area contributed by atoms with E-state index in [-0.39, 0.29) is 0 Å². The van der Waals surface area contributed by atoms with Crippen molar-refractivity contribution in [1.82, 2.24) is 4.98 Å². The smallest absolute Gasteiger partial charge is 0.0632 e. The van der Waals surface area contributed by atoms with E-state index >= 15 is 0 Å².